The molecule has 0 spiro atoms. The van der Waals surface area contributed by atoms with Crippen molar-refractivity contribution in [3.8, 4) is 0 Å². The first kappa shape index (κ1) is 17.8. The summed E-state index contributed by atoms with van der Waals surface area (Å²) >= 11 is 11.8. The normalized spacial score (nSPS) is 10.2. The van der Waals surface area contributed by atoms with Crippen LogP contribution in [0.15, 0.2) is 18.2 Å². The lowest BCUT2D eigenvalue weighted by molar-refractivity contribution is -0.143. The van der Waals surface area contributed by atoms with Crippen molar-refractivity contribution in [1.82, 2.24) is 5.32 Å². The van der Waals surface area contributed by atoms with Gasteiger partial charge in [0.25, 0.3) is 0 Å². The zero-order valence-corrected chi connectivity index (χ0v) is 13.5. The lowest BCUT2D eigenvalue weighted by Gasteiger charge is -2.07. The number of aryl methyl sites for hydroxylation is 1. The number of hydrogen-bond donors (Lipinski definition) is 1. The van der Waals surface area contributed by atoms with Gasteiger partial charge in [-0.2, -0.15) is 0 Å². The van der Waals surface area contributed by atoms with Gasteiger partial charge >= 0.3 is 5.97 Å². The Labute approximate surface area is 134 Å². The maximum absolute atomic E-state index is 11.7. The van der Waals surface area contributed by atoms with E-state index in [0.29, 0.717) is 48.9 Å². The van der Waals surface area contributed by atoms with Crippen molar-refractivity contribution in [1.29, 1.82) is 0 Å². The van der Waals surface area contributed by atoms with E-state index in [2.05, 4.69) is 5.32 Å². The summed E-state index contributed by atoms with van der Waals surface area (Å²) in [5.74, 6) is -0.301. The predicted molar refractivity (Wildman–Crippen MR) is 83.7 cm³/mol. The van der Waals surface area contributed by atoms with Gasteiger partial charge in [0.05, 0.1) is 6.61 Å². The first-order valence-electron chi connectivity index (χ1n) is 6.89. The first-order chi connectivity index (χ1) is 10.0. The van der Waals surface area contributed by atoms with E-state index in [1.54, 1.807) is 19.1 Å². The Morgan fingerprint density at radius 1 is 1.24 bits per heavy atom. The van der Waals surface area contributed by atoms with Gasteiger partial charge in [0.1, 0.15) is 0 Å². The average Bonchev–Trinajstić information content (AvgIpc) is 2.43. The molecule has 1 aromatic rings. The van der Waals surface area contributed by atoms with Gasteiger partial charge < -0.3 is 10.1 Å². The topological polar surface area (TPSA) is 55.4 Å². The number of ether oxygens (including phenoxy) is 1. The third kappa shape index (κ3) is 7.34. The Morgan fingerprint density at radius 3 is 2.67 bits per heavy atom. The molecule has 0 heterocycles. The number of esters is 1. The van der Waals surface area contributed by atoms with Crippen LogP contribution in [0.3, 0.4) is 0 Å². The lowest BCUT2D eigenvalue weighted by atomic mass is 10.1. The Bertz CT molecular complexity index is 492. The van der Waals surface area contributed by atoms with Gasteiger partial charge in [-0.1, -0.05) is 29.3 Å². The van der Waals surface area contributed by atoms with Crippen LogP contribution in [0, 0.1) is 0 Å². The van der Waals surface area contributed by atoms with Crippen LogP contribution in [0.5, 0.6) is 0 Å². The summed E-state index contributed by atoms with van der Waals surface area (Å²) in [6.07, 6.45) is 1.80. The molecule has 1 rings (SSSR count). The Hall–Kier alpha value is -1.26. The number of rotatable bonds is 8. The summed E-state index contributed by atoms with van der Waals surface area (Å²) in [6.45, 7) is 2.61. The van der Waals surface area contributed by atoms with E-state index >= 15 is 0 Å². The second-order valence-electron chi connectivity index (χ2n) is 4.49. The van der Waals surface area contributed by atoms with E-state index < -0.39 is 0 Å². The molecule has 0 aliphatic heterocycles. The Balaban J connectivity index is 2.21. The summed E-state index contributed by atoms with van der Waals surface area (Å²) in [6, 6.07) is 5.23. The van der Waals surface area contributed by atoms with Crippen molar-refractivity contribution >= 4 is 35.1 Å². The quantitative estimate of drug-likeness (QED) is 0.586. The zero-order chi connectivity index (χ0) is 15.7. The van der Waals surface area contributed by atoms with Gasteiger partial charge in [-0.15, -0.1) is 0 Å². The molecule has 0 unspecified atom stereocenters. The molecule has 21 heavy (non-hydrogen) atoms. The van der Waals surface area contributed by atoms with Crippen molar-refractivity contribution in [3.05, 3.63) is 33.8 Å². The van der Waals surface area contributed by atoms with Gasteiger partial charge in [0.2, 0.25) is 5.91 Å². The monoisotopic (exact) mass is 331 g/mol. The molecule has 0 aromatic heterocycles. The molecule has 0 saturated heterocycles. The van der Waals surface area contributed by atoms with E-state index in [4.69, 9.17) is 27.9 Å². The van der Waals surface area contributed by atoms with E-state index in [1.807, 2.05) is 6.07 Å². The van der Waals surface area contributed by atoms with Crippen molar-refractivity contribution in [2.75, 3.05) is 13.2 Å². The molecular formula is C15H19Cl2NO3. The fourth-order valence-electron chi connectivity index (χ4n) is 1.75. The Morgan fingerprint density at radius 2 is 2.00 bits per heavy atom. The molecule has 1 N–H and O–H groups in total. The van der Waals surface area contributed by atoms with Crippen LogP contribution >= 0.6 is 23.2 Å². The highest BCUT2D eigenvalue weighted by Crippen LogP contribution is 2.21. The third-order valence-corrected chi connectivity index (χ3v) is 3.41. The van der Waals surface area contributed by atoms with Gasteiger partial charge in [-0.25, -0.2) is 0 Å². The highest BCUT2D eigenvalue weighted by Gasteiger charge is 2.06. The van der Waals surface area contributed by atoms with Gasteiger partial charge in [0, 0.05) is 29.4 Å². The van der Waals surface area contributed by atoms with E-state index in [1.165, 1.54) is 0 Å². The third-order valence-electron chi connectivity index (χ3n) is 2.82. The fraction of sp³-hybridized carbons (Fsp3) is 0.467. The maximum Gasteiger partial charge on any atom is 0.305 e. The molecule has 116 valence electrons. The van der Waals surface area contributed by atoms with E-state index in [0.717, 1.165) is 5.56 Å². The molecule has 1 amide bonds. The second kappa shape index (κ2) is 9.64. The molecule has 0 aliphatic carbocycles. The first-order valence-corrected chi connectivity index (χ1v) is 7.64. The molecular weight excluding hydrogens is 313 g/mol. The number of halogens is 2. The van der Waals surface area contributed by atoms with Crippen LogP contribution in [-0.2, 0) is 20.7 Å². The molecule has 0 radical (unpaired) electrons. The molecule has 1 aromatic carbocycles. The molecule has 0 fully saturated rings. The molecule has 6 heteroatoms. The number of hydrogen-bond acceptors (Lipinski definition) is 3. The minimum atomic E-state index is -0.236. The van der Waals surface area contributed by atoms with Crippen LogP contribution in [0.25, 0.3) is 0 Å². The minimum absolute atomic E-state index is 0.0649. The molecule has 4 nitrogen and oxygen atoms in total. The van der Waals surface area contributed by atoms with E-state index in [9.17, 15) is 9.59 Å². The number of carbonyl (C=O) groups excluding carboxylic acids is 2. The van der Waals surface area contributed by atoms with Crippen LogP contribution in [0.4, 0.5) is 0 Å². The second-order valence-corrected chi connectivity index (χ2v) is 5.34. The fourth-order valence-corrected chi connectivity index (χ4v) is 2.26. The summed E-state index contributed by atoms with van der Waals surface area (Å²) in [7, 11) is 0. The van der Waals surface area contributed by atoms with Gasteiger partial charge in [0.15, 0.2) is 0 Å². The van der Waals surface area contributed by atoms with Crippen molar-refractivity contribution in [2.24, 2.45) is 0 Å². The smallest absolute Gasteiger partial charge is 0.305 e. The highest BCUT2D eigenvalue weighted by atomic mass is 35.5. The van der Waals surface area contributed by atoms with Gasteiger partial charge in [-0.05, 0) is 37.5 Å². The van der Waals surface area contributed by atoms with E-state index in [-0.39, 0.29) is 11.9 Å². The minimum Gasteiger partial charge on any atom is -0.466 e. The van der Waals surface area contributed by atoms with Crippen LogP contribution in [0.2, 0.25) is 10.0 Å². The zero-order valence-electron chi connectivity index (χ0n) is 12.0. The Kier molecular flexibility index (Phi) is 8.16. The average molecular weight is 332 g/mol. The number of carbonyl (C=O) groups is 2. The van der Waals surface area contributed by atoms with Gasteiger partial charge in [-0.3, -0.25) is 9.59 Å². The molecule has 0 atom stereocenters. The highest BCUT2D eigenvalue weighted by molar-refractivity contribution is 6.35. The standard InChI is InChI=1S/C15H19Cl2NO3/c1-2-21-15(20)4-3-9-18-14(19)8-6-11-5-7-12(16)10-13(11)17/h5,7,10H,2-4,6,8-9H2,1H3,(H,18,19). The number of nitrogens with one attached hydrogen (secondary N) is 1. The van der Waals surface area contributed by atoms with Crippen molar-refractivity contribution in [3.63, 3.8) is 0 Å². The molecule has 0 bridgehead atoms. The van der Waals surface area contributed by atoms with Crippen LogP contribution in [-0.4, -0.2) is 25.0 Å². The molecule has 0 saturated carbocycles. The molecule has 0 aliphatic rings. The number of benzene rings is 1. The SMILES string of the molecule is CCOC(=O)CCCNC(=O)CCc1ccc(Cl)cc1Cl. The number of amides is 1. The summed E-state index contributed by atoms with van der Waals surface area (Å²) in [5, 5.41) is 3.91. The summed E-state index contributed by atoms with van der Waals surface area (Å²) < 4.78 is 4.80. The van der Waals surface area contributed by atoms with Crippen molar-refractivity contribution in [2.45, 2.75) is 32.6 Å². The predicted octanol–water partition coefficient (Wildman–Crippen LogP) is 3.39. The van der Waals surface area contributed by atoms with Crippen LogP contribution in [0.1, 0.15) is 31.7 Å². The van der Waals surface area contributed by atoms with Crippen molar-refractivity contribution < 1.29 is 14.3 Å². The van der Waals surface area contributed by atoms with Crippen LogP contribution < -0.4 is 5.32 Å². The maximum atomic E-state index is 11.7. The lowest BCUT2D eigenvalue weighted by Crippen LogP contribution is -2.25. The summed E-state index contributed by atoms with van der Waals surface area (Å²) in [4.78, 5) is 22.8. The largest absolute Gasteiger partial charge is 0.466 e. The summed E-state index contributed by atoms with van der Waals surface area (Å²) in [5.41, 5.74) is 0.891.